The molecule has 0 spiro atoms. The Labute approximate surface area is 109 Å². The maximum atomic E-state index is 11.2. The van der Waals surface area contributed by atoms with Gasteiger partial charge in [-0.15, -0.1) is 0 Å². The second kappa shape index (κ2) is 8.45. The highest BCUT2D eigenvalue weighted by atomic mass is 16.5. The lowest BCUT2D eigenvalue weighted by molar-refractivity contribution is -0.141. The van der Waals surface area contributed by atoms with Gasteiger partial charge in [-0.25, -0.2) is 0 Å². The molecule has 0 bridgehead atoms. The number of carbonyl (C=O) groups is 1. The Hall–Kier alpha value is -0.650. The first kappa shape index (κ1) is 15.4. The molecule has 2 unspecified atom stereocenters. The number of hydrogen-bond acceptors (Lipinski definition) is 5. The fourth-order valence-electron chi connectivity index (χ4n) is 2.18. The molecule has 1 aliphatic rings. The van der Waals surface area contributed by atoms with Gasteiger partial charge in [-0.1, -0.05) is 6.92 Å². The molecule has 1 aliphatic heterocycles. The van der Waals surface area contributed by atoms with E-state index in [1.54, 1.807) is 0 Å². The third-order valence-corrected chi connectivity index (χ3v) is 3.23. The van der Waals surface area contributed by atoms with E-state index in [9.17, 15) is 4.79 Å². The molecule has 1 saturated heterocycles. The molecule has 0 aromatic carbocycles. The van der Waals surface area contributed by atoms with Crippen LogP contribution < -0.4 is 0 Å². The number of ether oxygens (including phenoxy) is 2. The number of methoxy groups -OCH3 is 1. The Morgan fingerprint density at radius 3 is 2.94 bits per heavy atom. The van der Waals surface area contributed by atoms with Crippen LogP contribution in [0.2, 0.25) is 0 Å². The van der Waals surface area contributed by atoms with Gasteiger partial charge < -0.3 is 14.6 Å². The molecule has 1 rings (SSSR count). The molecular formula is C13H25NO4. The van der Waals surface area contributed by atoms with Crippen LogP contribution in [0.15, 0.2) is 0 Å². The standard InChI is InChI=1S/C13H25NO4/c1-11(10-15)8-14(6-5-13(16)17-2)9-12-4-3-7-18-12/h11-12,15H,3-10H2,1-2H3. The van der Waals surface area contributed by atoms with Crippen LogP contribution in [-0.2, 0) is 14.3 Å². The molecule has 0 aliphatic carbocycles. The first-order chi connectivity index (χ1) is 8.65. The second-order valence-electron chi connectivity index (χ2n) is 5.01. The lowest BCUT2D eigenvalue weighted by Crippen LogP contribution is -2.37. The van der Waals surface area contributed by atoms with Crippen LogP contribution in [0.5, 0.6) is 0 Å². The molecule has 0 aromatic rings. The second-order valence-corrected chi connectivity index (χ2v) is 5.01. The summed E-state index contributed by atoms with van der Waals surface area (Å²) in [5, 5.41) is 9.12. The smallest absolute Gasteiger partial charge is 0.306 e. The number of rotatable bonds is 8. The van der Waals surface area contributed by atoms with E-state index in [0.29, 0.717) is 13.0 Å². The zero-order valence-corrected chi connectivity index (χ0v) is 11.4. The van der Waals surface area contributed by atoms with Crippen LogP contribution in [0.1, 0.15) is 26.2 Å². The number of carbonyl (C=O) groups excluding carboxylic acids is 1. The van der Waals surface area contributed by atoms with Crippen LogP contribution in [0.3, 0.4) is 0 Å². The van der Waals surface area contributed by atoms with E-state index in [2.05, 4.69) is 9.64 Å². The average molecular weight is 259 g/mol. The van der Waals surface area contributed by atoms with Crippen molar-refractivity contribution in [3.63, 3.8) is 0 Å². The van der Waals surface area contributed by atoms with E-state index in [-0.39, 0.29) is 24.6 Å². The molecule has 106 valence electrons. The van der Waals surface area contributed by atoms with E-state index < -0.39 is 0 Å². The highest BCUT2D eigenvalue weighted by molar-refractivity contribution is 5.69. The zero-order chi connectivity index (χ0) is 13.4. The van der Waals surface area contributed by atoms with E-state index in [0.717, 1.165) is 32.5 Å². The fraction of sp³-hybridized carbons (Fsp3) is 0.923. The van der Waals surface area contributed by atoms with Gasteiger partial charge in [0.05, 0.1) is 19.6 Å². The monoisotopic (exact) mass is 259 g/mol. The minimum absolute atomic E-state index is 0.167. The van der Waals surface area contributed by atoms with Crippen molar-refractivity contribution >= 4 is 5.97 Å². The molecule has 5 heteroatoms. The molecular weight excluding hydrogens is 234 g/mol. The highest BCUT2D eigenvalue weighted by Gasteiger charge is 2.20. The maximum Gasteiger partial charge on any atom is 0.306 e. The minimum Gasteiger partial charge on any atom is -0.469 e. The van der Waals surface area contributed by atoms with Crippen molar-refractivity contribution in [2.45, 2.75) is 32.3 Å². The summed E-state index contributed by atoms with van der Waals surface area (Å²) >= 11 is 0. The molecule has 1 heterocycles. The lowest BCUT2D eigenvalue weighted by Gasteiger charge is -2.27. The molecule has 18 heavy (non-hydrogen) atoms. The Morgan fingerprint density at radius 1 is 1.61 bits per heavy atom. The van der Waals surface area contributed by atoms with Gasteiger partial charge in [0, 0.05) is 32.8 Å². The first-order valence-electron chi connectivity index (χ1n) is 6.67. The number of nitrogens with zero attached hydrogens (tertiary/aromatic N) is 1. The first-order valence-corrected chi connectivity index (χ1v) is 6.67. The van der Waals surface area contributed by atoms with Gasteiger partial charge in [-0.2, -0.15) is 0 Å². The SMILES string of the molecule is COC(=O)CCN(CC(C)CO)CC1CCCO1. The molecule has 0 amide bonds. The van der Waals surface area contributed by atoms with Gasteiger partial charge in [-0.05, 0) is 18.8 Å². The van der Waals surface area contributed by atoms with Crippen molar-refractivity contribution in [3.8, 4) is 0 Å². The van der Waals surface area contributed by atoms with E-state index in [1.165, 1.54) is 7.11 Å². The minimum atomic E-state index is -0.191. The summed E-state index contributed by atoms with van der Waals surface area (Å²) in [7, 11) is 1.41. The Kier molecular flexibility index (Phi) is 7.23. The van der Waals surface area contributed by atoms with Crippen molar-refractivity contribution in [2.24, 2.45) is 5.92 Å². The lowest BCUT2D eigenvalue weighted by atomic mass is 10.1. The number of esters is 1. The maximum absolute atomic E-state index is 11.2. The van der Waals surface area contributed by atoms with Gasteiger partial charge in [-0.3, -0.25) is 9.69 Å². The summed E-state index contributed by atoms with van der Waals surface area (Å²) in [5.74, 6) is 0.0213. The Bertz CT molecular complexity index is 241. The Balaban J connectivity index is 2.37. The number of aliphatic hydroxyl groups is 1. The van der Waals surface area contributed by atoms with Crippen molar-refractivity contribution in [1.82, 2.24) is 4.90 Å². The number of aliphatic hydroxyl groups excluding tert-OH is 1. The molecule has 5 nitrogen and oxygen atoms in total. The predicted molar refractivity (Wildman–Crippen MR) is 68.3 cm³/mol. The van der Waals surface area contributed by atoms with Crippen molar-refractivity contribution in [3.05, 3.63) is 0 Å². The topological polar surface area (TPSA) is 59.0 Å². The summed E-state index contributed by atoms with van der Waals surface area (Å²) in [6, 6.07) is 0. The quantitative estimate of drug-likeness (QED) is 0.649. The van der Waals surface area contributed by atoms with Crippen LogP contribution in [0.25, 0.3) is 0 Å². The van der Waals surface area contributed by atoms with Gasteiger partial charge >= 0.3 is 5.97 Å². The van der Waals surface area contributed by atoms with Crippen molar-refractivity contribution < 1.29 is 19.4 Å². The number of hydrogen-bond donors (Lipinski definition) is 1. The van der Waals surface area contributed by atoms with Crippen LogP contribution in [-0.4, -0.2) is 62.0 Å². The van der Waals surface area contributed by atoms with Gasteiger partial charge in [0.1, 0.15) is 0 Å². The molecule has 0 saturated carbocycles. The molecule has 1 N–H and O–H groups in total. The van der Waals surface area contributed by atoms with E-state index >= 15 is 0 Å². The third-order valence-electron chi connectivity index (χ3n) is 3.23. The predicted octanol–water partition coefficient (Wildman–Crippen LogP) is 0.659. The molecule has 0 radical (unpaired) electrons. The van der Waals surface area contributed by atoms with Crippen LogP contribution in [0.4, 0.5) is 0 Å². The van der Waals surface area contributed by atoms with Crippen molar-refractivity contribution in [1.29, 1.82) is 0 Å². The van der Waals surface area contributed by atoms with Crippen LogP contribution in [0, 0.1) is 5.92 Å². The van der Waals surface area contributed by atoms with Gasteiger partial charge in [0.25, 0.3) is 0 Å². The van der Waals surface area contributed by atoms with Gasteiger partial charge in [0.2, 0.25) is 0 Å². The van der Waals surface area contributed by atoms with Crippen molar-refractivity contribution in [2.75, 3.05) is 40.0 Å². The summed E-state index contributed by atoms with van der Waals surface area (Å²) in [4.78, 5) is 13.4. The Morgan fingerprint density at radius 2 is 2.39 bits per heavy atom. The summed E-state index contributed by atoms with van der Waals surface area (Å²) < 4.78 is 10.3. The normalized spacial score (nSPS) is 21.2. The van der Waals surface area contributed by atoms with E-state index in [4.69, 9.17) is 9.84 Å². The fourth-order valence-corrected chi connectivity index (χ4v) is 2.18. The third kappa shape index (κ3) is 5.80. The van der Waals surface area contributed by atoms with Crippen LogP contribution >= 0.6 is 0 Å². The van der Waals surface area contributed by atoms with Gasteiger partial charge in [0.15, 0.2) is 0 Å². The molecule has 1 fully saturated rings. The van der Waals surface area contributed by atoms with E-state index in [1.807, 2.05) is 6.92 Å². The average Bonchev–Trinajstić information content (AvgIpc) is 2.88. The zero-order valence-electron chi connectivity index (χ0n) is 11.4. The molecule has 0 aromatic heterocycles. The summed E-state index contributed by atoms with van der Waals surface area (Å²) in [6.07, 6.45) is 2.86. The highest BCUT2D eigenvalue weighted by Crippen LogP contribution is 2.14. The molecule has 2 atom stereocenters. The summed E-state index contributed by atoms with van der Waals surface area (Å²) in [5.41, 5.74) is 0. The largest absolute Gasteiger partial charge is 0.469 e. The summed E-state index contributed by atoms with van der Waals surface area (Å²) in [6.45, 7) is 5.29.